The Labute approximate surface area is 213 Å². The number of hydrogen-bond donors (Lipinski definition) is 1. The van der Waals surface area contributed by atoms with Crippen molar-refractivity contribution in [1.29, 1.82) is 0 Å². The van der Waals surface area contributed by atoms with Crippen molar-refractivity contribution in [2.45, 2.75) is 25.4 Å². The van der Waals surface area contributed by atoms with Crippen LogP contribution in [-0.4, -0.2) is 68.3 Å². The van der Waals surface area contributed by atoms with E-state index in [0.29, 0.717) is 11.6 Å². The number of piperidine rings is 1. The number of nitrogens with zero attached hydrogens (tertiary/aromatic N) is 6. The van der Waals surface area contributed by atoms with Crippen LogP contribution in [0.4, 0.5) is 0 Å². The number of methoxy groups -OCH3 is 1. The van der Waals surface area contributed by atoms with Gasteiger partial charge in [-0.2, -0.15) is 5.21 Å². The summed E-state index contributed by atoms with van der Waals surface area (Å²) in [5, 5.41) is 15.0. The third-order valence-corrected chi connectivity index (χ3v) is 6.65. The number of aromatic nitrogens is 6. The Morgan fingerprint density at radius 1 is 1.05 bits per heavy atom. The topological polar surface area (TPSA) is 115 Å². The van der Waals surface area contributed by atoms with Crippen LogP contribution in [0.1, 0.15) is 18.7 Å². The summed E-state index contributed by atoms with van der Waals surface area (Å²) in [4.78, 5) is 11.4. The highest BCUT2D eigenvalue weighted by Crippen LogP contribution is 2.43. The predicted octanol–water partition coefficient (Wildman–Crippen LogP) is 4.16. The maximum atomic E-state index is 6.56. The van der Waals surface area contributed by atoms with Crippen LogP contribution < -0.4 is 9.47 Å². The van der Waals surface area contributed by atoms with Crippen LogP contribution in [0.5, 0.6) is 11.6 Å². The van der Waals surface area contributed by atoms with Gasteiger partial charge in [0.25, 0.3) is 0 Å². The number of H-pyrrole nitrogens is 1. The second-order valence-electron chi connectivity index (χ2n) is 9.02. The second-order valence-corrected chi connectivity index (χ2v) is 9.02. The average molecular weight is 498 g/mol. The molecule has 10 nitrogen and oxygen atoms in total. The largest absolute Gasteiger partial charge is 0.497 e. The van der Waals surface area contributed by atoms with Crippen molar-refractivity contribution in [3.05, 3.63) is 66.7 Å². The molecule has 10 heteroatoms. The van der Waals surface area contributed by atoms with Crippen LogP contribution in [0.2, 0.25) is 0 Å². The first kappa shape index (κ1) is 23.1. The van der Waals surface area contributed by atoms with E-state index in [1.165, 1.54) is 6.33 Å². The van der Waals surface area contributed by atoms with E-state index in [-0.39, 0.29) is 6.10 Å². The van der Waals surface area contributed by atoms with Gasteiger partial charge in [-0.25, -0.2) is 9.97 Å². The molecule has 6 rings (SSSR count). The van der Waals surface area contributed by atoms with E-state index >= 15 is 0 Å². The number of nitrogens with one attached hydrogen (secondary N) is 1. The first-order valence-corrected chi connectivity index (χ1v) is 12.4. The van der Waals surface area contributed by atoms with Crippen LogP contribution >= 0.6 is 0 Å². The number of furan rings is 1. The number of rotatable bonds is 8. The van der Waals surface area contributed by atoms with Gasteiger partial charge in [0.2, 0.25) is 11.6 Å². The fourth-order valence-corrected chi connectivity index (χ4v) is 4.84. The molecule has 1 aliphatic rings. The van der Waals surface area contributed by atoms with Gasteiger partial charge in [-0.3, -0.25) is 4.90 Å². The lowest BCUT2D eigenvalue weighted by molar-refractivity contribution is 0.0866. The van der Waals surface area contributed by atoms with Crippen molar-refractivity contribution in [1.82, 2.24) is 35.5 Å². The molecule has 5 aromatic rings. The normalized spacial score (nSPS) is 16.2. The highest BCUT2D eigenvalue weighted by atomic mass is 16.5. The summed E-state index contributed by atoms with van der Waals surface area (Å²) < 4.78 is 18.3. The Morgan fingerprint density at radius 2 is 1.92 bits per heavy atom. The molecule has 37 heavy (non-hydrogen) atoms. The van der Waals surface area contributed by atoms with Crippen molar-refractivity contribution in [3.63, 3.8) is 0 Å². The van der Waals surface area contributed by atoms with Crippen LogP contribution in [0.25, 0.3) is 33.6 Å². The second kappa shape index (κ2) is 10.4. The monoisotopic (exact) mass is 497 g/mol. The molecule has 1 fully saturated rings. The number of ether oxygens (including phenoxy) is 2. The summed E-state index contributed by atoms with van der Waals surface area (Å²) in [6.45, 7) is 2.65. The summed E-state index contributed by atoms with van der Waals surface area (Å²) in [7, 11) is 1.66. The van der Waals surface area contributed by atoms with Gasteiger partial charge in [0.05, 0.1) is 7.11 Å². The maximum absolute atomic E-state index is 6.56. The summed E-state index contributed by atoms with van der Waals surface area (Å²) in [5.74, 6) is 2.77. The van der Waals surface area contributed by atoms with Gasteiger partial charge < -0.3 is 13.9 Å². The highest BCUT2D eigenvalue weighted by molar-refractivity contribution is 6.03. The number of likely N-dealkylation sites (tertiary alicyclic amines) is 1. The number of tetrazole rings is 1. The van der Waals surface area contributed by atoms with E-state index in [0.717, 1.165) is 78.3 Å². The van der Waals surface area contributed by atoms with Crippen LogP contribution in [0.3, 0.4) is 0 Å². The molecule has 1 saturated heterocycles. The predicted molar refractivity (Wildman–Crippen MR) is 137 cm³/mol. The van der Waals surface area contributed by atoms with Gasteiger partial charge in [-0.15, -0.1) is 10.2 Å². The molecule has 1 unspecified atom stereocenters. The van der Waals surface area contributed by atoms with Gasteiger partial charge >= 0.3 is 0 Å². The van der Waals surface area contributed by atoms with Gasteiger partial charge in [-0.1, -0.05) is 47.7 Å². The zero-order chi connectivity index (χ0) is 25.0. The van der Waals surface area contributed by atoms with Crippen LogP contribution in [-0.2, 0) is 6.42 Å². The maximum Gasteiger partial charge on any atom is 0.234 e. The third kappa shape index (κ3) is 4.88. The zero-order valence-corrected chi connectivity index (χ0v) is 20.5. The molecule has 0 bridgehead atoms. The Morgan fingerprint density at radius 3 is 2.70 bits per heavy atom. The van der Waals surface area contributed by atoms with Gasteiger partial charge in [-0.05, 0) is 37.1 Å². The molecule has 1 aliphatic heterocycles. The van der Waals surface area contributed by atoms with E-state index in [1.807, 2.05) is 54.6 Å². The summed E-state index contributed by atoms with van der Waals surface area (Å²) >= 11 is 0. The van der Waals surface area contributed by atoms with E-state index in [4.69, 9.17) is 13.9 Å². The van der Waals surface area contributed by atoms with Crippen molar-refractivity contribution in [2.75, 3.05) is 26.7 Å². The molecule has 2 aromatic carbocycles. The molecule has 188 valence electrons. The van der Waals surface area contributed by atoms with E-state index in [2.05, 4.69) is 35.5 Å². The molecule has 0 spiro atoms. The molecule has 0 amide bonds. The average Bonchev–Trinajstić information content (AvgIpc) is 3.61. The lowest BCUT2D eigenvalue weighted by Gasteiger charge is -2.32. The van der Waals surface area contributed by atoms with E-state index in [1.54, 1.807) is 7.11 Å². The number of fused-ring (bicyclic) bond motifs is 1. The number of hydrogen-bond acceptors (Lipinski definition) is 9. The van der Waals surface area contributed by atoms with E-state index < -0.39 is 0 Å². The Balaban J connectivity index is 1.34. The molecular formula is C27H27N7O3. The minimum atomic E-state index is -0.00379. The standard InChI is InChI=1S/C27H27N7O3/c1-35-20-11-9-18(10-12-20)23-24-26(28-17-29-27(24)37-25(23)19-6-3-2-4-7-19)36-21-8-5-14-34(16-21)15-13-22-30-32-33-31-22/h2-4,6-7,9-12,17,21H,5,8,13-16H2,1H3,(H,30,31,32,33). The molecule has 1 atom stereocenters. The smallest absolute Gasteiger partial charge is 0.234 e. The number of benzene rings is 2. The molecule has 0 aliphatic carbocycles. The lowest BCUT2D eigenvalue weighted by Crippen LogP contribution is -2.42. The zero-order valence-electron chi connectivity index (χ0n) is 20.5. The van der Waals surface area contributed by atoms with Gasteiger partial charge in [0.15, 0.2) is 5.82 Å². The first-order valence-electron chi connectivity index (χ1n) is 12.4. The number of aromatic amines is 1. The summed E-state index contributed by atoms with van der Waals surface area (Å²) in [5.41, 5.74) is 3.34. The minimum Gasteiger partial charge on any atom is -0.497 e. The van der Waals surface area contributed by atoms with E-state index in [9.17, 15) is 0 Å². The highest BCUT2D eigenvalue weighted by Gasteiger charge is 2.27. The Kier molecular flexibility index (Phi) is 6.47. The van der Waals surface area contributed by atoms with Gasteiger partial charge in [0.1, 0.15) is 29.3 Å². The molecule has 0 saturated carbocycles. The third-order valence-electron chi connectivity index (χ3n) is 6.65. The van der Waals surface area contributed by atoms with Gasteiger partial charge in [0, 0.05) is 30.6 Å². The quantitative estimate of drug-likeness (QED) is 0.337. The van der Waals surface area contributed by atoms with Crippen LogP contribution in [0, 0.1) is 0 Å². The van der Waals surface area contributed by atoms with Crippen molar-refractivity contribution < 1.29 is 13.9 Å². The van der Waals surface area contributed by atoms with Crippen molar-refractivity contribution >= 4 is 11.1 Å². The molecule has 3 aromatic heterocycles. The Hall–Kier alpha value is -4.31. The molecule has 0 radical (unpaired) electrons. The Bertz CT molecular complexity index is 1450. The molecule has 4 heterocycles. The summed E-state index contributed by atoms with van der Waals surface area (Å²) in [6, 6.07) is 18.0. The molecule has 1 N–H and O–H groups in total. The first-order chi connectivity index (χ1) is 18.3. The fourth-order valence-electron chi connectivity index (χ4n) is 4.84. The minimum absolute atomic E-state index is 0.00379. The molecular weight excluding hydrogens is 470 g/mol. The van der Waals surface area contributed by atoms with Crippen molar-refractivity contribution in [3.8, 4) is 34.1 Å². The summed E-state index contributed by atoms with van der Waals surface area (Å²) in [6.07, 6.45) is 4.23. The van der Waals surface area contributed by atoms with Crippen molar-refractivity contribution in [2.24, 2.45) is 0 Å². The SMILES string of the molecule is COc1ccc(-c2c(-c3ccccc3)oc3ncnc(OC4CCCN(CCc5nn[nH]n5)C4)c23)cc1. The lowest BCUT2D eigenvalue weighted by atomic mass is 9.99. The van der Waals surface area contributed by atoms with Crippen LogP contribution in [0.15, 0.2) is 65.3 Å². The fraction of sp³-hybridized carbons (Fsp3) is 0.296.